The molecule has 3 aliphatic rings. The van der Waals surface area contributed by atoms with Crippen molar-refractivity contribution in [3.8, 4) is 5.75 Å². The molecule has 0 spiro atoms. The molecular formula is C24H30ClNO5. The van der Waals surface area contributed by atoms with Gasteiger partial charge >= 0.3 is 0 Å². The standard InChI is InChI=1S/C24H30ClNO5/c1-14(2)30-12-4-11-26-21(15-5-8-17(29-3)9-6-15)20-22(27)18-13-16(25)7-10-19(18)31-23(20)24(26)28/h5-6,8-9,14,16,18-19,21H,4,7,10-13H2,1-3H3. The Hall–Kier alpha value is -2.05. The molecule has 0 bridgehead atoms. The molecule has 4 unspecified atom stereocenters. The van der Waals surface area contributed by atoms with Gasteiger partial charge in [0.2, 0.25) is 0 Å². The van der Waals surface area contributed by atoms with Crippen LogP contribution in [0, 0.1) is 5.92 Å². The maximum absolute atomic E-state index is 13.6. The van der Waals surface area contributed by atoms with Crippen molar-refractivity contribution < 1.29 is 23.8 Å². The Morgan fingerprint density at radius 1 is 1.19 bits per heavy atom. The lowest BCUT2D eigenvalue weighted by atomic mass is 9.77. The van der Waals surface area contributed by atoms with E-state index in [4.69, 9.17) is 25.8 Å². The van der Waals surface area contributed by atoms with Crippen LogP contribution < -0.4 is 4.74 Å². The molecule has 0 N–H and O–H groups in total. The predicted molar refractivity (Wildman–Crippen MR) is 117 cm³/mol. The molecule has 6 nitrogen and oxygen atoms in total. The highest BCUT2D eigenvalue weighted by Crippen LogP contribution is 2.47. The number of hydrogen-bond acceptors (Lipinski definition) is 5. The molecule has 4 atom stereocenters. The van der Waals surface area contributed by atoms with Crippen LogP contribution in [0.15, 0.2) is 35.6 Å². The fourth-order valence-corrected chi connectivity index (χ4v) is 5.10. The van der Waals surface area contributed by atoms with E-state index in [1.807, 2.05) is 38.1 Å². The van der Waals surface area contributed by atoms with Crippen molar-refractivity contribution in [2.45, 2.75) is 63.2 Å². The van der Waals surface area contributed by atoms with E-state index in [1.54, 1.807) is 12.0 Å². The largest absolute Gasteiger partial charge is 0.497 e. The molecule has 1 aliphatic carbocycles. The first kappa shape index (κ1) is 22.2. The quantitative estimate of drug-likeness (QED) is 0.466. The van der Waals surface area contributed by atoms with Crippen molar-refractivity contribution in [1.82, 2.24) is 4.90 Å². The average molecular weight is 448 g/mol. The first-order valence-corrected chi connectivity index (χ1v) is 11.5. The zero-order valence-corrected chi connectivity index (χ0v) is 19.1. The molecule has 0 radical (unpaired) electrons. The van der Waals surface area contributed by atoms with E-state index in [-0.39, 0.29) is 41.0 Å². The number of ether oxygens (including phenoxy) is 3. The second-order valence-electron chi connectivity index (χ2n) is 8.73. The summed E-state index contributed by atoms with van der Waals surface area (Å²) in [6, 6.07) is 7.07. The lowest BCUT2D eigenvalue weighted by Gasteiger charge is -2.37. The highest BCUT2D eigenvalue weighted by Gasteiger charge is 2.52. The molecule has 0 saturated heterocycles. The number of rotatable bonds is 7. The molecule has 4 rings (SSSR count). The number of hydrogen-bond donors (Lipinski definition) is 0. The van der Waals surface area contributed by atoms with Crippen LogP contribution >= 0.6 is 11.6 Å². The Morgan fingerprint density at radius 2 is 1.94 bits per heavy atom. The number of nitrogens with zero attached hydrogens (tertiary/aromatic N) is 1. The number of carbonyl (C=O) groups is 2. The third-order valence-corrected chi connectivity index (χ3v) is 6.70. The van der Waals surface area contributed by atoms with E-state index in [9.17, 15) is 9.59 Å². The normalized spacial score (nSPS) is 28.0. The van der Waals surface area contributed by atoms with Crippen LogP contribution in [0.25, 0.3) is 0 Å². The van der Waals surface area contributed by atoms with Gasteiger partial charge in [0, 0.05) is 18.5 Å². The summed E-state index contributed by atoms with van der Waals surface area (Å²) in [5.41, 5.74) is 1.35. The van der Waals surface area contributed by atoms with Gasteiger partial charge in [-0.2, -0.15) is 0 Å². The Balaban J connectivity index is 1.65. The monoisotopic (exact) mass is 447 g/mol. The fraction of sp³-hybridized carbons (Fsp3) is 0.583. The molecule has 2 aliphatic heterocycles. The number of benzene rings is 1. The average Bonchev–Trinajstić information content (AvgIpc) is 3.04. The van der Waals surface area contributed by atoms with Gasteiger partial charge in [-0.05, 0) is 57.2 Å². The lowest BCUT2D eigenvalue weighted by Crippen LogP contribution is -2.41. The Labute approximate surface area is 188 Å². The van der Waals surface area contributed by atoms with Crippen molar-refractivity contribution in [3.63, 3.8) is 0 Å². The van der Waals surface area contributed by atoms with E-state index in [0.29, 0.717) is 38.0 Å². The van der Waals surface area contributed by atoms with E-state index in [0.717, 1.165) is 17.7 Å². The highest BCUT2D eigenvalue weighted by atomic mass is 35.5. The SMILES string of the molecule is COc1ccc(C2C3=C(OC4CCC(Cl)CC4C3=O)C(=O)N2CCCOC(C)C)cc1. The van der Waals surface area contributed by atoms with Crippen molar-refractivity contribution in [1.29, 1.82) is 0 Å². The summed E-state index contributed by atoms with van der Waals surface area (Å²) in [4.78, 5) is 28.7. The molecular weight excluding hydrogens is 418 g/mol. The fourth-order valence-electron chi connectivity index (χ4n) is 4.78. The minimum atomic E-state index is -0.461. The summed E-state index contributed by atoms with van der Waals surface area (Å²) >= 11 is 6.37. The van der Waals surface area contributed by atoms with Crippen LogP contribution in [0.5, 0.6) is 5.75 Å². The maximum atomic E-state index is 13.6. The molecule has 1 saturated carbocycles. The first-order chi connectivity index (χ1) is 14.9. The van der Waals surface area contributed by atoms with Gasteiger partial charge in [0.1, 0.15) is 11.9 Å². The predicted octanol–water partition coefficient (Wildman–Crippen LogP) is 4.02. The third-order valence-electron chi connectivity index (χ3n) is 6.31. The number of ketones is 1. The van der Waals surface area contributed by atoms with Gasteiger partial charge in [-0.25, -0.2) is 0 Å². The van der Waals surface area contributed by atoms with E-state index in [2.05, 4.69) is 0 Å². The molecule has 31 heavy (non-hydrogen) atoms. The lowest BCUT2D eigenvalue weighted by molar-refractivity contribution is -0.135. The zero-order chi connectivity index (χ0) is 22.1. The van der Waals surface area contributed by atoms with Gasteiger partial charge in [-0.15, -0.1) is 11.6 Å². The summed E-state index contributed by atoms with van der Waals surface area (Å²) in [6.45, 7) is 5.01. The van der Waals surface area contributed by atoms with Crippen molar-refractivity contribution in [3.05, 3.63) is 41.2 Å². The minimum absolute atomic E-state index is 0.00620. The minimum Gasteiger partial charge on any atom is -0.497 e. The molecule has 1 amide bonds. The summed E-state index contributed by atoms with van der Waals surface area (Å²) in [6.07, 6.45) is 2.64. The van der Waals surface area contributed by atoms with Crippen LogP contribution in [0.4, 0.5) is 0 Å². The number of halogens is 1. The molecule has 2 heterocycles. The van der Waals surface area contributed by atoms with Gasteiger partial charge in [-0.3, -0.25) is 9.59 Å². The zero-order valence-electron chi connectivity index (χ0n) is 18.3. The van der Waals surface area contributed by atoms with Crippen LogP contribution in [0.2, 0.25) is 0 Å². The molecule has 1 fully saturated rings. The molecule has 168 valence electrons. The topological polar surface area (TPSA) is 65.1 Å². The highest BCUT2D eigenvalue weighted by molar-refractivity contribution is 6.21. The molecule has 7 heteroatoms. The summed E-state index contributed by atoms with van der Waals surface area (Å²) in [5, 5.41) is -0.0308. The van der Waals surface area contributed by atoms with Gasteiger partial charge < -0.3 is 19.1 Å². The van der Waals surface area contributed by atoms with Crippen LogP contribution in [-0.2, 0) is 19.1 Å². The van der Waals surface area contributed by atoms with Crippen LogP contribution in [0.3, 0.4) is 0 Å². The van der Waals surface area contributed by atoms with Gasteiger partial charge in [0.25, 0.3) is 5.91 Å². The van der Waals surface area contributed by atoms with Crippen LogP contribution in [-0.4, -0.2) is 54.4 Å². The summed E-state index contributed by atoms with van der Waals surface area (Å²) in [5.74, 6) is 0.465. The van der Waals surface area contributed by atoms with E-state index in [1.165, 1.54) is 0 Å². The molecule has 0 aromatic heterocycles. The molecule has 1 aromatic carbocycles. The van der Waals surface area contributed by atoms with Crippen LogP contribution in [0.1, 0.15) is 51.1 Å². The Morgan fingerprint density at radius 3 is 2.61 bits per heavy atom. The van der Waals surface area contributed by atoms with E-state index >= 15 is 0 Å². The Kier molecular flexibility index (Phi) is 6.58. The van der Waals surface area contributed by atoms with Crippen molar-refractivity contribution >= 4 is 23.3 Å². The summed E-state index contributed by atoms with van der Waals surface area (Å²) in [7, 11) is 1.61. The number of fused-ring (bicyclic) bond motifs is 1. The van der Waals surface area contributed by atoms with Gasteiger partial charge in [0.05, 0.1) is 30.7 Å². The number of carbonyl (C=O) groups excluding carboxylic acids is 2. The first-order valence-electron chi connectivity index (χ1n) is 11.1. The van der Waals surface area contributed by atoms with Gasteiger partial charge in [0.15, 0.2) is 11.5 Å². The van der Waals surface area contributed by atoms with E-state index < -0.39 is 6.04 Å². The smallest absolute Gasteiger partial charge is 0.290 e. The second-order valence-corrected chi connectivity index (χ2v) is 9.34. The number of methoxy groups -OCH3 is 1. The third kappa shape index (κ3) is 4.33. The summed E-state index contributed by atoms with van der Waals surface area (Å²) < 4.78 is 17.1. The number of alkyl halides is 1. The Bertz CT molecular complexity index is 865. The number of Topliss-reactive ketones (excluding diaryl/α,β-unsaturated/α-hetero) is 1. The van der Waals surface area contributed by atoms with Gasteiger partial charge in [-0.1, -0.05) is 12.1 Å². The maximum Gasteiger partial charge on any atom is 0.290 e. The molecule has 1 aromatic rings. The van der Waals surface area contributed by atoms with Crippen molar-refractivity contribution in [2.24, 2.45) is 5.92 Å². The second kappa shape index (κ2) is 9.21. The number of amides is 1. The van der Waals surface area contributed by atoms with Crippen molar-refractivity contribution in [2.75, 3.05) is 20.3 Å².